The minimum absolute atomic E-state index is 0.0298. The van der Waals surface area contributed by atoms with E-state index in [9.17, 15) is 19.0 Å². The molecule has 0 aromatic rings. The molecule has 0 radical (unpaired) electrons. The quantitative estimate of drug-likeness (QED) is 0.0161. The van der Waals surface area contributed by atoms with Crippen molar-refractivity contribution in [1.82, 2.24) is 5.32 Å². The van der Waals surface area contributed by atoms with E-state index in [4.69, 9.17) is 13.8 Å². The van der Waals surface area contributed by atoms with Crippen LogP contribution in [-0.2, 0) is 27.9 Å². The molecule has 3 unspecified atom stereocenters. The van der Waals surface area contributed by atoms with Gasteiger partial charge in [-0.2, -0.15) is 0 Å². The van der Waals surface area contributed by atoms with E-state index in [0.29, 0.717) is 23.9 Å². The maximum Gasteiger partial charge on any atom is 0.306 e. The molecule has 3 atom stereocenters. The summed E-state index contributed by atoms with van der Waals surface area (Å²) < 4.78 is 30.2. The minimum atomic E-state index is -4.70. The second-order valence-electron chi connectivity index (χ2n) is 19.7. The first-order chi connectivity index (χ1) is 32.9. The van der Waals surface area contributed by atoms with Crippen LogP contribution in [-0.4, -0.2) is 69.4 Å². The summed E-state index contributed by atoms with van der Waals surface area (Å²) in [6.45, 7) is 6.66. The fourth-order valence-electron chi connectivity index (χ4n) is 7.58. The Morgan fingerprint density at radius 1 is 0.544 bits per heavy atom. The Kier molecular flexibility index (Phi) is 46.3. The number of amides is 1. The number of rotatable bonds is 49. The second kappa shape index (κ2) is 48.1. The van der Waals surface area contributed by atoms with Crippen LogP contribution < -0.4 is 10.2 Å². The summed E-state index contributed by atoms with van der Waals surface area (Å²) in [6, 6.07) is -0.901. The molecule has 1 N–H and O–H groups in total. The maximum atomic E-state index is 13.5. The summed E-state index contributed by atoms with van der Waals surface area (Å²) in [5.74, 6) is -0.573. The average Bonchev–Trinajstić information content (AvgIpc) is 3.29. The van der Waals surface area contributed by atoms with Crippen LogP contribution in [0.1, 0.15) is 233 Å². The van der Waals surface area contributed by atoms with Crippen molar-refractivity contribution < 1.29 is 37.3 Å². The van der Waals surface area contributed by atoms with Crippen molar-refractivity contribution in [2.24, 2.45) is 0 Å². The SMILES string of the molecule is CC/C=C/C/C=C/C/C=C/CCCCCCCCC(=O)NC(COP(=O)([O-])OCC[N+](C)(C)C)C(/C=C/CCCCCCCCCCC)OC(=O)CCCCCCCC/C=C/C=C/CCCCC. The molecule has 0 fully saturated rings. The Bertz CT molecular complexity index is 1400. The van der Waals surface area contributed by atoms with Crippen LogP contribution in [0.2, 0.25) is 0 Å². The lowest BCUT2D eigenvalue weighted by atomic mass is 10.1. The molecule has 394 valence electrons. The number of hydrogen-bond donors (Lipinski definition) is 1. The third-order valence-electron chi connectivity index (χ3n) is 11.9. The topological polar surface area (TPSA) is 114 Å². The fraction of sp³-hybridized carbons (Fsp3) is 0.759. The van der Waals surface area contributed by atoms with Gasteiger partial charge in [-0.3, -0.25) is 14.2 Å². The van der Waals surface area contributed by atoms with E-state index in [1.54, 1.807) is 0 Å². The summed E-state index contributed by atoms with van der Waals surface area (Å²) in [7, 11) is 1.16. The molecule has 0 aromatic heterocycles. The number of likely N-dealkylation sites (N-methyl/N-ethyl adjacent to an activating group) is 1. The van der Waals surface area contributed by atoms with E-state index in [-0.39, 0.29) is 24.9 Å². The Labute approximate surface area is 419 Å². The molecule has 0 saturated heterocycles. The summed E-state index contributed by atoms with van der Waals surface area (Å²) >= 11 is 0. The molecule has 1 amide bonds. The first-order valence-electron chi connectivity index (χ1n) is 27.8. The van der Waals surface area contributed by atoms with E-state index < -0.39 is 26.6 Å². The number of esters is 1. The van der Waals surface area contributed by atoms with Crippen molar-refractivity contribution in [3.05, 3.63) is 72.9 Å². The summed E-state index contributed by atoms with van der Waals surface area (Å²) in [4.78, 5) is 39.8. The van der Waals surface area contributed by atoms with Crippen LogP contribution in [0.4, 0.5) is 0 Å². The molecule has 0 aliphatic carbocycles. The van der Waals surface area contributed by atoms with Gasteiger partial charge in [-0.1, -0.05) is 203 Å². The van der Waals surface area contributed by atoms with E-state index in [0.717, 1.165) is 122 Å². The first kappa shape index (κ1) is 65.5. The zero-order valence-corrected chi connectivity index (χ0v) is 45.7. The second-order valence-corrected chi connectivity index (χ2v) is 21.1. The van der Waals surface area contributed by atoms with Crippen LogP contribution in [0, 0.1) is 0 Å². The molecule has 0 bridgehead atoms. The van der Waals surface area contributed by atoms with Crippen molar-refractivity contribution in [2.45, 2.75) is 245 Å². The van der Waals surface area contributed by atoms with Gasteiger partial charge in [0.15, 0.2) is 0 Å². The molecule has 0 aromatic carbocycles. The lowest BCUT2D eigenvalue weighted by Crippen LogP contribution is -2.47. The number of phosphoric ester groups is 1. The molecule has 0 aliphatic heterocycles. The summed E-state index contributed by atoms with van der Waals surface area (Å²) in [6.07, 6.45) is 60.0. The van der Waals surface area contributed by atoms with Gasteiger partial charge in [0.05, 0.1) is 33.8 Å². The molecular formula is C58H105N2O7P. The van der Waals surface area contributed by atoms with Gasteiger partial charge in [0.2, 0.25) is 5.91 Å². The molecule has 9 nitrogen and oxygen atoms in total. The number of carbonyl (C=O) groups is 2. The highest BCUT2D eigenvalue weighted by Gasteiger charge is 2.27. The van der Waals surface area contributed by atoms with Crippen LogP contribution in [0.25, 0.3) is 0 Å². The van der Waals surface area contributed by atoms with Gasteiger partial charge in [0.25, 0.3) is 7.82 Å². The van der Waals surface area contributed by atoms with Gasteiger partial charge in [-0.05, 0) is 89.5 Å². The number of carbonyl (C=O) groups excluding carboxylic acids is 2. The minimum Gasteiger partial charge on any atom is -0.756 e. The molecule has 10 heteroatoms. The predicted molar refractivity (Wildman–Crippen MR) is 288 cm³/mol. The fourth-order valence-corrected chi connectivity index (χ4v) is 8.31. The number of quaternary nitrogens is 1. The number of allylic oxidation sites excluding steroid dienone is 11. The molecule has 0 heterocycles. The molecule has 68 heavy (non-hydrogen) atoms. The standard InChI is InChI=1S/C58H105N2O7P/c1-7-10-13-16-19-22-25-27-29-31-32-35-38-41-44-47-50-57(61)59-55(54-66-68(63,64)65-53-52-60(4,5)6)56(49-46-43-40-37-34-24-21-18-15-12-9-3)67-58(62)51-48-45-42-39-36-33-30-28-26-23-20-17-14-11-8-2/h10,13,19-20,22-23,26-29,46,49,55-56H,7-9,11-12,14-18,21,24-25,30-45,47-48,50-54H2,1-6H3,(H-,59,61,63,64)/b13-10+,22-19+,23-20+,28-26+,29-27+,49-46+. The highest BCUT2D eigenvalue weighted by Crippen LogP contribution is 2.38. The lowest BCUT2D eigenvalue weighted by molar-refractivity contribution is -0.870. The number of nitrogens with zero attached hydrogens (tertiary/aromatic N) is 1. The largest absolute Gasteiger partial charge is 0.756 e. The van der Waals surface area contributed by atoms with Crippen LogP contribution >= 0.6 is 7.82 Å². The summed E-state index contributed by atoms with van der Waals surface area (Å²) in [5.41, 5.74) is 0. The van der Waals surface area contributed by atoms with E-state index in [1.807, 2.05) is 33.3 Å². The highest BCUT2D eigenvalue weighted by molar-refractivity contribution is 7.45. The first-order valence-corrected chi connectivity index (χ1v) is 29.2. The maximum absolute atomic E-state index is 13.5. The van der Waals surface area contributed by atoms with E-state index >= 15 is 0 Å². The lowest BCUT2D eigenvalue weighted by Gasteiger charge is -2.30. The number of hydrogen-bond acceptors (Lipinski definition) is 7. The van der Waals surface area contributed by atoms with Gasteiger partial charge < -0.3 is 28.5 Å². The number of phosphoric acid groups is 1. The summed E-state index contributed by atoms with van der Waals surface area (Å²) in [5, 5.41) is 3.00. The Morgan fingerprint density at radius 2 is 0.985 bits per heavy atom. The van der Waals surface area contributed by atoms with Gasteiger partial charge in [-0.15, -0.1) is 0 Å². The van der Waals surface area contributed by atoms with Crippen LogP contribution in [0.5, 0.6) is 0 Å². The molecular weight excluding hydrogens is 868 g/mol. The molecule has 0 saturated carbocycles. The third kappa shape index (κ3) is 48.5. The Hall–Kier alpha value is -2.55. The van der Waals surface area contributed by atoms with Crippen molar-refractivity contribution >= 4 is 19.7 Å². The van der Waals surface area contributed by atoms with Crippen molar-refractivity contribution in [3.8, 4) is 0 Å². The number of ether oxygens (including phenoxy) is 1. The zero-order chi connectivity index (χ0) is 50.1. The van der Waals surface area contributed by atoms with Gasteiger partial charge in [0.1, 0.15) is 19.3 Å². The Morgan fingerprint density at radius 3 is 1.53 bits per heavy atom. The Balaban J connectivity index is 5.39. The number of unbranched alkanes of at least 4 members (excludes halogenated alkanes) is 24. The third-order valence-corrected chi connectivity index (χ3v) is 12.9. The normalized spacial score (nSPS) is 14.4. The van der Waals surface area contributed by atoms with Crippen LogP contribution in [0.3, 0.4) is 0 Å². The van der Waals surface area contributed by atoms with Gasteiger partial charge >= 0.3 is 5.97 Å². The molecule has 0 aliphatic rings. The highest BCUT2D eigenvalue weighted by atomic mass is 31.2. The van der Waals surface area contributed by atoms with Crippen molar-refractivity contribution in [3.63, 3.8) is 0 Å². The average molecular weight is 973 g/mol. The van der Waals surface area contributed by atoms with E-state index in [1.165, 1.54) is 70.6 Å². The smallest absolute Gasteiger partial charge is 0.306 e. The molecule has 0 rings (SSSR count). The zero-order valence-electron chi connectivity index (χ0n) is 44.8. The molecule has 0 spiro atoms. The predicted octanol–water partition coefficient (Wildman–Crippen LogP) is 15.9. The van der Waals surface area contributed by atoms with Crippen molar-refractivity contribution in [2.75, 3.05) is 40.9 Å². The van der Waals surface area contributed by atoms with E-state index in [2.05, 4.69) is 86.8 Å². The van der Waals surface area contributed by atoms with Crippen molar-refractivity contribution in [1.29, 1.82) is 0 Å². The van der Waals surface area contributed by atoms with Crippen LogP contribution in [0.15, 0.2) is 72.9 Å². The number of nitrogens with one attached hydrogen (secondary N) is 1. The monoisotopic (exact) mass is 973 g/mol. The van der Waals surface area contributed by atoms with Gasteiger partial charge in [0, 0.05) is 12.8 Å². The van der Waals surface area contributed by atoms with Gasteiger partial charge in [-0.25, -0.2) is 0 Å².